The Hall–Kier alpha value is -3.20. The van der Waals surface area contributed by atoms with Gasteiger partial charge < -0.3 is 5.11 Å². The number of nitrogens with one attached hydrogen (secondary N) is 1. The van der Waals surface area contributed by atoms with Crippen molar-refractivity contribution >= 4 is 33.8 Å². The molecule has 0 radical (unpaired) electrons. The van der Waals surface area contributed by atoms with E-state index in [4.69, 9.17) is 5.11 Å². The highest BCUT2D eigenvalue weighted by Crippen LogP contribution is 2.18. The topological polar surface area (TPSA) is 116 Å². The van der Waals surface area contributed by atoms with E-state index >= 15 is 0 Å². The van der Waals surface area contributed by atoms with Crippen molar-refractivity contribution in [3.05, 3.63) is 65.2 Å². The Morgan fingerprint density at radius 3 is 2.21 bits per heavy atom. The van der Waals surface area contributed by atoms with E-state index in [2.05, 4.69) is 10.5 Å². The predicted molar refractivity (Wildman–Crippen MR) is 107 cm³/mol. The number of benzene rings is 2. The van der Waals surface area contributed by atoms with E-state index in [9.17, 15) is 18.0 Å². The molecule has 0 unspecified atom stereocenters. The van der Waals surface area contributed by atoms with Gasteiger partial charge in [0.05, 0.1) is 23.7 Å². The van der Waals surface area contributed by atoms with Gasteiger partial charge in [-0.3, -0.25) is 9.10 Å². The minimum atomic E-state index is -3.66. The Labute approximate surface area is 163 Å². The Bertz CT molecular complexity index is 968. The van der Waals surface area contributed by atoms with E-state index in [0.29, 0.717) is 11.3 Å². The van der Waals surface area contributed by atoms with Gasteiger partial charge in [0.15, 0.2) is 0 Å². The van der Waals surface area contributed by atoms with Gasteiger partial charge in [-0.25, -0.2) is 18.6 Å². The third-order valence-corrected chi connectivity index (χ3v) is 5.02. The molecule has 0 spiro atoms. The van der Waals surface area contributed by atoms with Gasteiger partial charge in [-0.2, -0.15) is 5.10 Å². The van der Waals surface area contributed by atoms with Crippen molar-refractivity contribution in [1.82, 2.24) is 5.43 Å². The second kappa shape index (κ2) is 9.14. The van der Waals surface area contributed by atoms with E-state index in [1.807, 2.05) is 19.1 Å². The fraction of sp³-hybridized carbons (Fsp3) is 0.211. The minimum Gasteiger partial charge on any atom is -0.478 e. The van der Waals surface area contributed by atoms with Crippen LogP contribution in [0.1, 0.15) is 28.4 Å². The third kappa shape index (κ3) is 5.92. The van der Waals surface area contributed by atoms with Crippen molar-refractivity contribution < 1.29 is 23.1 Å². The molecule has 0 saturated heterocycles. The smallest absolute Gasteiger partial charge is 0.335 e. The highest BCUT2D eigenvalue weighted by Gasteiger charge is 2.20. The van der Waals surface area contributed by atoms with Crippen molar-refractivity contribution in [2.45, 2.75) is 13.3 Å². The van der Waals surface area contributed by atoms with Crippen LogP contribution in [0.2, 0.25) is 0 Å². The lowest BCUT2D eigenvalue weighted by atomic mass is 10.1. The summed E-state index contributed by atoms with van der Waals surface area (Å²) < 4.78 is 25.1. The van der Waals surface area contributed by atoms with Crippen LogP contribution in [0.5, 0.6) is 0 Å². The maximum Gasteiger partial charge on any atom is 0.335 e. The number of carbonyl (C=O) groups excluding carboxylic acids is 1. The number of aromatic carboxylic acids is 1. The monoisotopic (exact) mass is 403 g/mol. The quantitative estimate of drug-likeness (QED) is 0.516. The van der Waals surface area contributed by atoms with Crippen LogP contribution in [0.3, 0.4) is 0 Å². The van der Waals surface area contributed by atoms with Crippen LogP contribution in [0.25, 0.3) is 0 Å². The summed E-state index contributed by atoms with van der Waals surface area (Å²) in [6.07, 6.45) is 3.19. The number of hydrazone groups is 1. The Kier molecular flexibility index (Phi) is 6.89. The lowest BCUT2D eigenvalue weighted by molar-refractivity contribution is -0.119. The predicted octanol–water partition coefficient (Wildman–Crippen LogP) is 1.86. The first-order chi connectivity index (χ1) is 13.2. The van der Waals surface area contributed by atoms with Crippen molar-refractivity contribution in [1.29, 1.82) is 0 Å². The van der Waals surface area contributed by atoms with Gasteiger partial charge >= 0.3 is 5.97 Å². The van der Waals surface area contributed by atoms with Crippen LogP contribution in [0.4, 0.5) is 5.69 Å². The molecular formula is C19H21N3O5S. The summed E-state index contributed by atoms with van der Waals surface area (Å²) in [4.78, 5) is 22.9. The molecule has 2 aromatic rings. The standard InChI is InChI=1S/C19H21N3O5S/c1-3-14-6-10-17(11-7-14)22(28(2,26)27)13-18(23)21-20-12-15-4-8-16(9-5-15)19(24)25/h4-12H,3,13H2,1-2H3,(H,21,23)(H,24,25)/b20-12-. The van der Waals surface area contributed by atoms with Crippen LogP contribution in [-0.4, -0.2) is 44.4 Å². The van der Waals surface area contributed by atoms with Crippen LogP contribution >= 0.6 is 0 Å². The zero-order valence-corrected chi connectivity index (χ0v) is 16.3. The molecule has 0 aliphatic heterocycles. The number of hydrogen-bond donors (Lipinski definition) is 2. The van der Waals surface area contributed by atoms with E-state index < -0.39 is 28.4 Å². The number of rotatable bonds is 8. The molecule has 0 aliphatic carbocycles. The minimum absolute atomic E-state index is 0.138. The van der Waals surface area contributed by atoms with Crippen LogP contribution in [0.15, 0.2) is 53.6 Å². The van der Waals surface area contributed by atoms with E-state index in [1.54, 1.807) is 12.1 Å². The van der Waals surface area contributed by atoms with Crippen LogP contribution in [-0.2, 0) is 21.2 Å². The zero-order chi connectivity index (χ0) is 20.7. The summed E-state index contributed by atoms with van der Waals surface area (Å²) in [6.45, 7) is 1.57. The summed E-state index contributed by atoms with van der Waals surface area (Å²) in [7, 11) is -3.66. The number of sulfonamides is 1. The SMILES string of the molecule is CCc1ccc(N(CC(=O)N/N=C\c2ccc(C(=O)O)cc2)S(C)(=O)=O)cc1. The Morgan fingerprint density at radius 1 is 1.11 bits per heavy atom. The summed E-state index contributed by atoms with van der Waals surface area (Å²) in [5.74, 6) is -1.65. The third-order valence-electron chi connectivity index (χ3n) is 3.88. The van der Waals surface area contributed by atoms with Crippen LogP contribution < -0.4 is 9.73 Å². The van der Waals surface area contributed by atoms with Crippen LogP contribution in [0, 0.1) is 0 Å². The maximum atomic E-state index is 12.1. The molecular weight excluding hydrogens is 382 g/mol. The second-order valence-electron chi connectivity index (χ2n) is 6.01. The van der Waals surface area contributed by atoms with E-state index in [0.717, 1.165) is 22.5 Å². The number of carboxylic acid groups (broad SMARTS) is 1. The van der Waals surface area contributed by atoms with Gasteiger partial charge in [0.25, 0.3) is 5.91 Å². The molecule has 1 amide bonds. The Balaban J connectivity index is 2.04. The van der Waals surface area contributed by atoms with Gasteiger partial charge in [-0.15, -0.1) is 0 Å². The number of carboxylic acids is 1. The number of anilines is 1. The lowest BCUT2D eigenvalue weighted by Gasteiger charge is -2.21. The van der Waals surface area contributed by atoms with Crippen molar-refractivity contribution in [3.8, 4) is 0 Å². The fourth-order valence-electron chi connectivity index (χ4n) is 2.35. The highest BCUT2D eigenvalue weighted by molar-refractivity contribution is 7.92. The number of nitrogens with zero attached hydrogens (tertiary/aromatic N) is 2. The zero-order valence-electron chi connectivity index (χ0n) is 15.5. The van der Waals surface area contributed by atoms with Gasteiger partial charge in [-0.1, -0.05) is 31.2 Å². The summed E-state index contributed by atoms with van der Waals surface area (Å²) >= 11 is 0. The number of amides is 1. The number of carbonyl (C=O) groups is 2. The first-order valence-electron chi connectivity index (χ1n) is 8.42. The Morgan fingerprint density at radius 2 is 1.71 bits per heavy atom. The molecule has 0 saturated carbocycles. The average Bonchev–Trinajstić information content (AvgIpc) is 2.66. The van der Waals surface area contributed by atoms with Gasteiger partial charge in [-0.05, 0) is 41.8 Å². The molecule has 8 nitrogen and oxygen atoms in total. The molecule has 0 heterocycles. The van der Waals surface area contributed by atoms with Gasteiger partial charge in [0.1, 0.15) is 6.54 Å². The largest absolute Gasteiger partial charge is 0.478 e. The molecule has 0 atom stereocenters. The fourth-order valence-corrected chi connectivity index (χ4v) is 3.21. The molecule has 148 valence electrons. The summed E-state index contributed by atoms with van der Waals surface area (Å²) in [5.41, 5.74) is 4.44. The molecule has 0 aromatic heterocycles. The van der Waals surface area contributed by atoms with Gasteiger partial charge in [0, 0.05) is 0 Å². The van der Waals surface area contributed by atoms with E-state index in [1.165, 1.54) is 30.5 Å². The molecule has 2 aromatic carbocycles. The molecule has 28 heavy (non-hydrogen) atoms. The summed E-state index contributed by atoms with van der Waals surface area (Å²) in [6, 6.07) is 12.8. The van der Waals surface area contributed by atoms with Crippen molar-refractivity contribution in [2.75, 3.05) is 17.1 Å². The van der Waals surface area contributed by atoms with Crippen molar-refractivity contribution in [2.24, 2.45) is 5.10 Å². The molecule has 0 bridgehead atoms. The molecule has 0 aliphatic rings. The number of hydrogen-bond acceptors (Lipinski definition) is 5. The first-order valence-corrected chi connectivity index (χ1v) is 10.3. The molecule has 2 rings (SSSR count). The second-order valence-corrected chi connectivity index (χ2v) is 7.92. The van der Waals surface area contributed by atoms with E-state index in [-0.39, 0.29) is 5.56 Å². The highest BCUT2D eigenvalue weighted by atomic mass is 32.2. The molecule has 2 N–H and O–H groups in total. The first kappa shape index (κ1) is 21.1. The molecule has 9 heteroatoms. The lowest BCUT2D eigenvalue weighted by Crippen LogP contribution is -2.39. The summed E-state index contributed by atoms with van der Waals surface area (Å²) in [5, 5.41) is 12.6. The van der Waals surface area contributed by atoms with Crippen molar-refractivity contribution in [3.63, 3.8) is 0 Å². The average molecular weight is 403 g/mol. The molecule has 0 fully saturated rings. The maximum absolute atomic E-state index is 12.1. The number of aryl methyl sites for hydroxylation is 1. The normalized spacial score (nSPS) is 11.4. The van der Waals surface area contributed by atoms with Gasteiger partial charge in [0.2, 0.25) is 10.0 Å².